The molecule has 0 aliphatic carbocycles. The topological polar surface area (TPSA) is 77.7 Å². The highest BCUT2D eigenvalue weighted by Crippen LogP contribution is 2.21. The minimum absolute atomic E-state index is 0.110. The summed E-state index contributed by atoms with van der Waals surface area (Å²) in [6.07, 6.45) is 2.47. The number of hydrogen-bond acceptors (Lipinski definition) is 6. The Morgan fingerprint density at radius 1 is 1.16 bits per heavy atom. The van der Waals surface area contributed by atoms with E-state index in [1.807, 2.05) is 24.3 Å². The lowest BCUT2D eigenvalue weighted by Crippen LogP contribution is -2.49. The molecule has 31 heavy (non-hydrogen) atoms. The van der Waals surface area contributed by atoms with Crippen LogP contribution in [0.25, 0.3) is 16.1 Å². The fourth-order valence-corrected chi connectivity index (χ4v) is 3.69. The van der Waals surface area contributed by atoms with Crippen LogP contribution in [0.5, 0.6) is 5.75 Å². The van der Waals surface area contributed by atoms with Gasteiger partial charge in [0.05, 0.1) is 12.2 Å². The summed E-state index contributed by atoms with van der Waals surface area (Å²) >= 11 is 0. The van der Waals surface area contributed by atoms with Gasteiger partial charge in [-0.1, -0.05) is 30.3 Å². The molecular formula is C24H26N6O. The minimum atomic E-state index is -0.110. The number of piperazine rings is 1. The Kier molecular flexibility index (Phi) is 6.72. The summed E-state index contributed by atoms with van der Waals surface area (Å²) < 4.78 is 0. The van der Waals surface area contributed by atoms with Crippen molar-refractivity contribution in [2.24, 2.45) is 0 Å². The molecular weight excluding hydrogens is 388 g/mol. The first-order valence-corrected chi connectivity index (χ1v) is 10.5. The van der Waals surface area contributed by atoms with Crippen molar-refractivity contribution < 1.29 is 5.11 Å². The van der Waals surface area contributed by atoms with Crippen molar-refractivity contribution in [3.8, 4) is 17.0 Å². The van der Waals surface area contributed by atoms with Crippen LogP contribution < -0.4 is 10.6 Å². The van der Waals surface area contributed by atoms with E-state index < -0.39 is 0 Å². The van der Waals surface area contributed by atoms with E-state index in [1.54, 1.807) is 18.3 Å². The van der Waals surface area contributed by atoms with Crippen LogP contribution in [0.2, 0.25) is 0 Å². The second-order valence-electron chi connectivity index (χ2n) is 7.59. The zero-order chi connectivity index (χ0) is 21.5. The lowest BCUT2D eigenvalue weighted by molar-refractivity contribution is 0.183. The van der Waals surface area contributed by atoms with Crippen LogP contribution in [0, 0.1) is 6.57 Å². The highest BCUT2D eigenvalue weighted by molar-refractivity contribution is 5.61. The molecule has 0 amide bonds. The molecule has 3 N–H and O–H groups in total. The molecule has 0 saturated carbocycles. The molecule has 7 heteroatoms. The molecule has 7 nitrogen and oxygen atoms in total. The van der Waals surface area contributed by atoms with Crippen LogP contribution >= 0.6 is 0 Å². The standard InChI is InChI=1S/C24H26N6O/c1-25-23-16-26-13-14-30(23)17-19-3-2-4-20(15-19)22-10-12-28-24(29-22)27-11-9-18-5-7-21(31)8-6-18/h2-8,10,12,15,23,26,31H,9,11,13-14,16-17H2,(H,27,28,29). The second-order valence-corrected chi connectivity index (χ2v) is 7.59. The number of phenolic OH excluding ortho intramolecular Hbond substituents is 1. The van der Waals surface area contributed by atoms with Gasteiger partial charge in [0, 0.05) is 37.9 Å². The molecule has 1 aliphatic rings. The summed E-state index contributed by atoms with van der Waals surface area (Å²) in [5.41, 5.74) is 4.22. The van der Waals surface area contributed by atoms with Crippen LogP contribution in [0.3, 0.4) is 0 Å². The van der Waals surface area contributed by atoms with Crippen molar-refractivity contribution in [3.05, 3.63) is 83.3 Å². The number of anilines is 1. The third kappa shape index (κ3) is 5.57. The zero-order valence-electron chi connectivity index (χ0n) is 17.3. The van der Waals surface area contributed by atoms with Crippen molar-refractivity contribution in [3.63, 3.8) is 0 Å². The molecule has 1 saturated heterocycles. The lowest BCUT2D eigenvalue weighted by atomic mass is 10.1. The van der Waals surface area contributed by atoms with Crippen molar-refractivity contribution in [2.45, 2.75) is 19.1 Å². The summed E-state index contributed by atoms with van der Waals surface area (Å²) in [6.45, 7) is 11.4. The Hall–Kier alpha value is -3.47. The van der Waals surface area contributed by atoms with Gasteiger partial charge in [-0.25, -0.2) is 21.4 Å². The fraction of sp³-hybridized carbons (Fsp3) is 0.292. The molecule has 1 fully saturated rings. The summed E-state index contributed by atoms with van der Waals surface area (Å²) in [4.78, 5) is 15.0. The van der Waals surface area contributed by atoms with E-state index in [1.165, 1.54) is 5.56 Å². The maximum atomic E-state index is 9.38. The molecule has 1 aliphatic heterocycles. The number of benzene rings is 2. The quantitative estimate of drug-likeness (QED) is 0.516. The van der Waals surface area contributed by atoms with E-state index in [9.17, 15) is 5.11 Å². The first-order chi connectivity index (χ1) is 15.2. The Bertz CT molecular complexity index is 1050. The number of aromatic nitrogens is 2. The molecule has 3 aromatic rings. The number of nitrogens with zero attached hydrogens (tertiary/aromatic N) is 4. The molecule has 158 valence electrons. The summed E-state index contributed by atoms with van der Waals surface area (Å²) in [5, 5.41) is 15.9. The lowest BCUT2D eigenvalue weighted by Gasteiger charge is -2.28. The van der Waals surface area contributed by atoms with Crippen molar-refractivity contribution in [1.29, 1.82) is 0 Å². The average molecular weight is 415 g/mol. The highest BCUT2D eigenvalue weighted by atomic mass is 16.3. The van der Waals surface area contributed by atoms with E-state index in [0.29, 0.717) is 19.0 Å². The minimum Gasteiger partial charge on any atom is -0.508 e. The van der Waals surface area contributed by atoms with Crippen molar-refractivity contribution in [2.75, 3.05) is 31.5 Å². The number of nitrogens with one attached hydrogen (secondary N) is 2. The van der Waals surface area contributed by atoms with Crippen molar-refractivity contribution in [1.82, 2.24) is 20.2 Å². The molecule has 1 atom stereocenters. The van der Waals surface area contributed by atoms with Gasteiger partial charge < -0.3 is 15.7 Å². The molecule has 2 heterocycles. The maximum Gasteiger partial charge on any atom is 0.292 e. The molecule has 4 rings (SSSR count). The average Bonchev–Trinajstić information content (AvgIpc) is 2.81. The van der Waals surface area contributed by atoms with E-state index >= 15 is 0 Å². The third-order valence-corrected chi connectivity index (χ3v) is 5.37. The van der Waals surface area contributed by atoms with Crippen LogP contribution in [0.15, 0.2) is 60.8 Å². The number of aromatic hydroxyl groups is 1. The predicted octanol–water partition coefficient (Wildman–Crippen LogP) is 3.15. The smallest absolute Gasteiger partial charge is 0.292 e. The molecule has 0 spiro atoms. The van der Waals surface area contributed by atoms with E-state index in [2.05, 4.69) is 48.5 Å². The zero-order valence-corrected chi connectivity index (χ0v) is 17.3. The van der Waals surface area contributed by atoms with Gasteiger partial charge in [0.15, 0.2) is 0 Å². The largest absolute Gasteiger partial charge is 0.508 e. The van der Waals surface area contributed by atoms with Gasteiger partial charge in [-0.05, 0) is 41.8 Å². The van der Waals surface area contributed by atoms with Gasteiger partial charge in [0.1, 0.15) is 5.75 Å². The molecule has 1 aromatic heterocycles. The monoisotopic (exact) mass is 414 g/mol. The first kappa shape index (κ1) is 20.8. The SMILES string of the molecule is [C-]#[N+]C1CNCCN1Cc1cccc(-c2ccnc(NCCc3ccc(O)cc3)n2)c1. The molecule has 0 bridgehead atoms. The van der Waals surface area contributed by atoms with E-state index in [4.69, 9.17) is 6.57 Å². The number of phenols is 1. The normalized spacial score (nSPS) is 16.5. The number of rotatable bonds is 7. The van der Waals surface area contributed by atoms with Crippen LogP contribution in [0.1, 0.15) is 11.1 Å². The molecule has 0 radical (unpaired) electrons. The number of hydrogen-bond donors (Lipinski definition) is 3. The Morgan fingerprint density at radius 2 is 2.03 bits per heavy atom. The van der Waals surface area contributed by atoms with E-state index in [0.717, 1.165) is 42.9 Å². The summed E-state index contributed by atoms with van der Waals surface area (Å²) in [5.74, 6) is 0.869. The predicted molar refractivity (Wildman–Crippen MR) is 121 cm³/mol. The van der Waals surface area contributed by atoms with Gasteiger partial charge in [-0.15, -0.1) is 0 Å². The summed E-state index contributed by atoms with van der Waals surface area (Å²) in [6, 6.07) is 17.5. The van der Waals surface area contributed by atoms with Crippen molar-refractivity contribution >= 4 is 5.95 Å². The van der Waals surface area contributed by atoms with Gasteiger partial charge in [0.25, 0.3) is 6.17 Å². The molecule has 1 unspecified atom stereocenters. The Morgan fingerprint density at radius 3 is 2.87 bits per heavy atom. The van der Waals surface area contributed by atoms with Crippen LogP contribution in [0.4, 0.5) is 5.95 Å². The third-order valence-electron chi connectivity index (χ3n) is 5.37. The highest BCUT2D eigenvalue weighted by Gasteiger charge is 2.26. The second kappa shape index (κ2) is 10.0. The Labute approximate surface area is 182 Å². The van der Waals surface area contributed by atoms with Gasteiger partial charge >= 0.3 is 0 Å². The Balaban J connectivity index is 1.40. The van der Waals surface area contributed by atoms with Gasteiger partial charge in [-0.2, -0.15) is 0 Å². The van der Waals surface area contributed by atoms with Crippen LogP contribution in [-0.2, 0) is 13.0 Å². The molecule has 2 aromatic carbocycles. The van der Waals surface area contributed by atoms with Crippen LogP contribution in [-0.4, -0.2) is 52.3 Å². The van der Waals surface area contributed by atoms with E-state index in [-0.39, 0.29) is 11.9 Å². The van der Waals surface area contributed by atoms with Gasteiger partial charge in [0.2, 0.25) is 5.95 Å². The maximum absolute atomic E-state index is 9.38. The fourth-order valence-electron chi connectivity index (χ4n) is 3.69. The van der Waals surface area contributed by atoms with Gasteiger partial charge in [-0.3, -0.25) is 4.85 Å². The first-order valence-electron chi connectivity index (χ1n) is 10.5. The summed E-state index contributed by atoms with van der Waals surface area (Å²) in [7, 11) is 0.